The lowest BCUT2D eigenvalue weighted by Crippen LogP contribution is -2.31. The fourth-order valence-corrected chi connectivity index (χ4v) is 4.34. The summed E-state index contributed by atoms with van der Waals surface area (Å²) in [6.45, 7) is 8.30. The van der Waals surface area contributed by atoms with E-state index >= 15 is 0 Å². The van der Waals surface area contributed by atoms with E-state index in [1.54, 1.807) is 0 Å². The van der Waals surface area contributed by atoms with Gasteiger partial charge >= 0.3 is 6.09 Å². The predicted molar refractivity (Wildman–Crippen MR) is 76.6 cm³/mol. The van der Waals surface area contributed by atoms with E-state index < -0.39 is 0 Å². The van der Waals surface area contributed by atoms with E-state index in [2.05, 4.69) is 30.9 Å². The van der Waals surface area contributed by atoms with Crippen molar-refractivity contribution in [1.29, 1.82) is 0 Å². The molecule has 0 aromatic carbocycles. The van der Waals surface area contributed by atoms with Crippen LogP contribution in [-0.2, 0) is 4.74 Å². The maximum absolute atomic E-state index is 11.3. The lowest BCUT2D eigenvalue weighted by Gasteiger charge is -2.19. The summed E-state index contributed by atoms with van der Waals surface area (Å²) in [5.74, 6) is 1.75. The number of rotatable bonds is 4. The molecule has 0 aromatic heterocycles. The number of fused-ring (bicyclic) bond motifs is 1. The molecular weight excluding hydrogens is 345 g/mol. The maximum atomic E-state index is 11.3. The van der Waals surface area contributed by atoms with Gasteiger partial charge in [0.2, 0.25) is 0 Å². The first-order chi connectivity index (χ1) is 8.72. The number of likely N-dealkylation sites (tertiary alicyclic amines) is 1. The molecule has 0 bridgehead atoms. The van der Waals surface area contributed by atoms with Crippen LogP contribution in [-0.4, -0.2) is 71.4 Å². The number of ether oxygens (including phenoxy) is 1. The quantitative estimate of drug-likeness (QED) is 0.551. The molecule has 18 heavy (non-hydrogen) atoms. The smallest absolute Gasteiger partial charge is 0.409 e. The maximum Gasteiger partial charge on any atom is 0.409 e. The predicted octanol–water partition coefficient (Wildman–Crippen LogP) is 1.04. The van der Waals surface area contributed by atoms with Gasteiger partial charge in [-0.3, -0.25) is 0 Å². The number of nitrogens with zero attached hydrogens (tertiary/aromatic N) is 3. The van der Waals surface area contributed by atoms with Gasteiger partial charge in [0, 0.05) is 55.6 Å². The van der Waals surface area contributed by atoms with Gasteiger partial charge in [0.05, 0.1) is 6.54 Å². The molecule has 0 aromatic rings. The Labute approximate surface area is 122 Å². The van der Waals surface area contributed by atoms with Crippen molar-refractivity contribution >= 4 is 29.0 Å². The molecular formula is C12H20IN3O2. The number of carbonyl (C=O) groups excluding carboxylic acids is 1. The Balaban J connectivity index is 1.36. The molecule has 0 aliphatic carbocycles. The summed E-state index contributed by atoms with van der Waals surface area (Å²) in [7, 11) is 0. The molecule has 0 saturated carbocycles. The Morgan fingerprint density at radius 2 is 1.89 bits per heavy atom. The van der Waals surface area contributed by atoms with Crippen molar-refractivity contribution in [3.8, 4) is 0 Å². The van der Waals surface area contributed by atoms with Gasteiger partial charge < -0.3 is 14.5 Å². The van der Waals surface area contributed by atoms with Crippen LogP contribution in [0.5, 0.6) is 0 Å². The zero-order chi connectivity index (χ0) is 12.5. The van der Waals surface area contributed by atoms with Gasteiger partial charge in [-0.15, -0.1) is 0 Å². The normalized spacial score (nSPS) is 33.2. The van der Waals surface area contributed by atoms with Crippen LogP contribution in [0.2, 0.25) is 0 Å². The highest BCUT2D eigenvalue weighted by Crippen LogP contribution is 2.32. The minimum Gasteiger partial charge on any atom is -0.448 e. The molecule has 0 radical (unpaired) electrons. The van der Waals surface area contributed by atoms with Crippen molar-refractivity contribution in [3.05, 3.63) is 0 Å². The largest absolute Gasteiger partial charge is 0.448 e. The summed E-state index contributed by atoms with van der Waals surface area (Å²) < 4.78 is 7.35. The molecule has 3 aliphatic heterocycles. The highest BCUT2D eigenvalue weighted by Gasteiger charge is 2.38. The third-order valence-electron chi connectivity index (χ3n) is 4.26. The van der Waals surface area contributed by atoms with E-state index in [1.165, 1.54) is 26.2 Å². The van der Waals surface area contributed by atoms with E-state index in [1.807, 2.05) is 4.90 Å². The molecule has 1 amide bonds. The minimum absolute atomic E-state index is 0.131. The number of hydrogen-bond acceptors (Lipinski definition) is 4. The van der Waals surface area contributed by atoms with E-state index in [0.717, 1.165) is 37.9 Å². The molecule has 3 rings (SSSR count). The number of halogens is 1. The average Bonchev–Trinajstić information content (AvgIpc) is 2.94. The molecule has 0 N–H and O–H groups in total. The van der Waals surface area contributed by atoms with E-state index in [-0.39, 0.29) is 6.09 Å². The standard InChI is InChI=1S/C12H20IN3O2/c13-16-8-10-6-14(7-11(10)9-16)2-1-3-15-4-5-18-12(15)17/h10-11H,1-9H2/t10-,11+. The van der Waals surface area contributed by atoms with Crippen molar-refractivity contribution in [2.24, 2.45) is 11.8 Å². The van der Waals surface area contributed by atoms with Crippen LogP contribution >= 0.6 is 22.9 Å². The Morgan fingerprint density at radius 3 is 2.50 bits per heavy atom. The Bertz CT molecular complexity index is 314. The fourth-order valence-electron chi connectivity index (χ4n) is 3.33. The SMILES string of the molecule is O=C1OCCN1CCCN1C[C@H]2CN(I)C[C@H]2C1. The first kappa shape index (κ1) is 12.9. The molecule has 3 fully saturated rings. The second-order valence-corrected chi connectivity index (χ2v) is 6.93. The summed E-state index contributed by atoms with van der Waals surface area (Å²) >= 11 is 2.44. The third-order valence-corrected chi connectivity index (χ3v) is 5.05. The van der Waals surface area contributed by atoms with Gasteiger partial charge in [-0.05, 0) is 24.8 Å². The second-order valence-electron chi connectivity index (χ2n) is 5.56. The van der Waals surface area contributed by atoms with Gasteiger partial charge in [-0.1, -0.05) is 0 Å². The van der Waals surface area contributed by atoms with Crippen LogP contribution in [0.15, 0.2) is 0 Å². The Morgan fingerprint density at radius 1 is 1.17 bits per heavy atom. The number of hydrogen-bond donors (Lipinski definition) is 0. The average molecular weight is 365 g/mol. The van der Waals surface area contributed by atoms with Crippen molar-refractivity contribution in [2.75, 3.05) is 52.4 Å². The summed E-state index contributed by atoms with van der Waals surface area (Å²) in [4.78, 5) is 15.7. The molecule has 3 heterocycles. The highest BCUT2D eigenvalue weighted by molar-refractivity contribution is 14.1. The van der Waals surface area contributed by atoms with Gasteiger partial charge in [-0.2, -0.15) is 0 Å². The molecule has 0 spiro atoms. The van der Waals surface area contributed by atoms with Crippen molar-refractivity contribution in [2.45, 2.75) is 6.42 Å². The van der Waals surface area contributed by atoms with E-state index in [4.69, 9.17) is 4.74 Å². The van der Waals surface area contributed by atoms with Gasteiger partial charge in [-0.25, -0.2) is 7.91 Å². The Hall–Kier alpha value is -0.0800. The van der Waals surface area contributed by atoms with E-state index in [0.29, 0.717) is 6.61 Å². The van der Waals surface area contributed by atoms with Crippen LogP contribution in [0, 0.1) is 11.8 Å². The lowest BCUT2D eigenvalue weighted by atomic mass is 10.0. The van der Waals surface area contributed by atoms with Crippen molar-refractivity contribution < 1.29 is 9.53 Å². The highest BCUT2D eigenvalue weighted by atomic mass is 127. The lowest BCUT2D eigenvalue weighted by molar-refractivity contribution is 0.157. The first-order valence-electron chi connectivity index (χ1n) is 6.77. The van der Waals surface area contributed by atoms with Crippen LogP contribution in [0.1, 0.15) is 6.42 Å². The molecule has 2 atom stereocenters. The van der Waals surface area contributed by atoms with Crippen LogP contribution in [0.25, 0.3) is 0 Å². The van der Waals surface area contributed by atoms with Crippen molar-refractivity contribution in [1.82, 2.24) is 12.9 Å². The topological polar surface area (TPSA) is 36.0 Å². The summed E-state index contributed by atoms with van der Waals surface area (Å²) in [5.41, 5.74) is 0. The van der Waals surface area contributed by atoms with Gasteiger partial charge in [0.1, 0.15) is 6.61 Å². The number of carbonyl (C=O) groups is 1. The zero-order valence-corrected chi connectivity index (χ0v) is 12.7. The molecule has 6 heteroatoms. The molecule has 102 valence electrons. The summed E-state index contributed by atoms with van der Waals surface area (Å²) in [6, 6.07) is 0. The molecule has 3 aliphatic rings. The zero-order valence-electron chi connectivity index (χ0n) is 10.6. The van der Waals surface area contributed by atoms with Crippen molar-refractivity contribution in [3.63, 3.8) is 0 Å². The van der Waals surface area contributed by atoms with Crippen LogP contribution in [0.3, 0.4) is 0 Å². The van der Waals surface area contributed by atoms with Crippen LogP contribution < -0.4 is 0 Å². The monoisotopic (exact) mass is 365 g/mol. The molecule has 5 nitrogen and oxygen atoms in total. The minimum atomic E-state index is -0.131. The number of cyclic esters (lactones) is 1. The molecule has 0 unspecified atom stereocenters. The second kappa shape index (κ2) is 5.50. The summed E-state index contributed by atoms with van der Waals surface area (Å²) in [6.07, 6.45) is 0.941. The third kappa shape index (κ3) is 2.75. The fraction of sp³-hybridized carbons (Fsp3) is 0.917. The first-order valence-corrected chi connectivity index (χ1v) is 7.73. The van der Waals surface area contributed by atoms with Crippen LogP contribution in [0.4, 0.5) is 4.79 Å². The summed E-state index contributed by atoms with van der Waals surface area (Å²) in [5, 5.41) is 0. The number of amides is 1. The van der Waals surface area contributed by atoms with Gasteiger partial charge in [0.25, 0.3) is 0 Å². The van der Waals surface area contributed by atoms with Gasteiger partial charge in [0.15, 0.2) is 0 Å². The van der Waals surface area contributed by atoms with E-state index in [9.17, 15) is 4.79 Å². The molecule has 3 saturated heterocycles. The Kier molecular flexibility index (Phi) is 3.95.